The van der Waals surface area contributed by atoms with Gasteiger partial charge in [-0.05, 0) is 58.4 Å². The number of nitrogens with one attached hydrogen (secondary N) is 1. The third-order valence-electron chi connectivity index (χ3n) is 4.18. The minimum atomic E-state index is -0.192. The lowest BCUT2D eigenvalue weighted by molar-refractivity contribution is 0.102. The van der Waals surface area contributed by atoms with Crippen LogP contribution in [0.3, 0.4) is 0 Å². The molecule has 0 bridgehead atoms. The SMILES string of the molecule is CCc1nnc2sc(-c3ccc(NC(=O)c4ccc(OC)c(Br)c4)cc3)nn12. The highest BCUT2D eigenvalue weighted by atomic mass is 79.9. The minimum absolute atomic E-state index is 0.192. The zero-order valence-corrected chi connectivity index (χ0v) is 17.5. The molecule has 0 aliphatic rings. The fourth-order valence-corrected chi connectivity index (χ4v) is 4.11. The fourth-order valence-electron chi connectivity index (χ4n) is 2.70. The maximum absolute atomic E-state index is 12.5. The molecule has 142 valence electrons. The number of hydrogen-bond acceptors (Lipinski definition) is 6. The average molecular weight is 458 g/mol. The summed E-state index contributed by atoms with van der Waals surface area (Å²) in [5, 5.41) is 16.6. The molecule has 0 spiro atoms. The van der Waals surface area contributed by atoms with Crippen LogP contribution < -0.4 is 10.1 Å². The number of halogens is 1. The second-order valence-electron chi connectivity index (χ2n) is 5.95. The van der Waals surface area contributed by atoms with Crippen molar-refractivity contribution in [3.8, 4) is 16.3 Å². The topological polar surface area (TPSA) is 81.4 Å². The Kier molecular flexibility index (Phi) is 5.10. The van der Waals surface area contributed by atoms with Gasteiger partial charge in [0.05, 0.1) is 11.6 Å². The lowest BCUT2D eigenvalue weighted by Crippen LogP contribution is -2.11. The van der Waals surface area contributed by atoms with Crippen molar-refractivity contribution in [1.82, 2.24) is 19.8 Å². The van der Waals surface area contributed by atoms with Crippen molar-refractivity contribution < 1.29 is 9.53 Å². The van der Waals surface area contributed by atoms with Crippen molar-refractivity contribution in [2.75, 3.05) is 12.4 Å². The van der Waals surface area contributed by atoms with Gasteiger partial charge in [0.2, 0.25) is 4.96 Å². The summed E-state index contributed by atoms with van der Waals surface area (Å²) in [6, 6.07) is 12.8. The molecule has 0 fully saturated rings. The summed E-state index contributed by atoms with van der Waals surface area (Å²) in [4.78, 5) is 13.2. The summed E-state index contributed by atoms with van der Waals surface area (Å²) in [5.74, 6) is 1.33. The van der Waals surface area contributed by atoms with E-state index in [4.69, 9.17) is 4.74 Å². The van der Waals surface area contributed by atoms with E-state index in [1.165, 1.54) is 11.3 Å². The summed E-state index contributed by atoms with van der Waals surface area (Å²) >= 11 is 4.88. The lowest BCUT2D eigenvalue weighted by Gasteiger charge is -2.08. The Morgan fingerprint density at radius 1 is 1.21 bits per heavy atom. The number of aromatic nitrogens is 4. The third-order valence-corrected chi connectivity index (χ3v) is 5.74. The van der Waals surface area contributed by atoms with Crippen molar-refractivity contribution in [3.63, 3.8) is 0 Å². The number of carbonyl (C=O) groups is 1. The number of fused-ring (bicyclic) bond motifs is 1. The van der Waals surface area contributed by atoms with E-state index < -0.39 is 0 Å². The monoisotopic (exact) mass is 457 g/mol. The first-order valence-corrected chi connectivity index (χ1v) is 10.2. The van der Waals surface area contributed by atoms with E-state index in [0.717, 1.165) is 32.2 Å². The Labute approximate surface area is 173 Å². The molecule has 2 aromatic heterocycles. The van der Waals surface area contributed by atoms with E-state index in [1.807, 2.05) is 31.2 Å². The number of benzene rings is 2. The largest absolute Gasteiger partial charge is 0.496 e. The molecule has 0 radical (unpaired) electrons. The molecule has 0 atom stereocenters. The summed E-state index contributed by atoms with van der Waals surface area (Å²) in [5.41, 5.74) is 2.21. The van der Waals surface area contributed by atoms with Crippen molar-refractivity contribution in [1.29, 1.82) is 0 Å². The lowest BCUT2D eigenvalue weighted by atomic mass is 10.2. The van der Waals surface area contributed by atoms with Gasteiger partial charge in [-0.1, -0.05) is 18.3 Å². The minimum Gasteiger partial charge on any atom is -0.496 e. The maximum Gasteiger partial charge on any atom is 0.255 e. The highest BCUT2D eigenvalue weighted by molar-refractivity contribution is 9.10. The van der Waals surface area contributed by atoms with E-state index in [2.05, 4.69) is 36.5 Å². The van der Waals surface area contributed by atoms with Gasteiger partial charge in [0.1, 0.15) is 10.8 Å². The normalized spacial score (nSPS) is 11.0. The molecule has 4 aromatic rings. The van der Waals surface area contributed by atoms with Crippen LogP contribution in [0.5, 0.6) is 5.75 Å². The van der Waals surface area contributed by atoms with Gasteiger partial charge in [-0.25, -0.2) is 0 Å². The van der Waals surface area contributed by atoms with Crippen LogP contribution >= 0.6 is 27.3 Å². The third kappa shape index (κ3) is 3.50. The maximum atomic E-state index is 12.5. The number of amides is 1. The van der Waals surface area contributed by atoms with Gasteiger partial charge in [-0.3, -0.25) is 4.79 Å². The molecule has 0 saturated carbocycles. The molecule has 1 amide bonds. The van der Waals surface area contributed by atoms with E-state index in [0.29, 0.717) is 17.0 Å². The number of methoxy groups -OCH3 is 1. The van der Waals surface area contributed by atoms with Gasteiger partial charge in [-0.2, -0.15) is 9.61 Å². The smallest absolute Gasteiger partial charge is 0.255 e. The van der Waals surface area contributed by atoms with Gasteiger partial charge < -0.3 is 10.1 Å². The van der Waals surface area contributed by atoms with Crippen molar-refractivity contribution in [2.45, 2.75) is 13.3 Å². The van der Waals surface area contributed by atoms with E-state index in [9.17, 15) is 4.79 Å². The van der Waals surface area contributed by atoms with Crippen LogP contribution in [-0.2, 0) is 6.42 Å². The first kappa shape index (κ1) is 18.6. The van der Waals surface area contributed by atoms with E-state index >= 15 is 0 Å². The van der Waals surface area contributed by atoms with Gasteiger partial charge in [0.15, 0.2) is 5.82 Å². The Hall–Kier alpha value is -2.78. The molecule has 1 N–H and O–H groups in total. The predicted octanol–water partition coefficient (Wildman–Crippen LogP) is 4.44. The molecule has 2 heterocycles. The molecular formula is C19H16BrN5O2S. The second-order valence-corrected chi connectivity index (χ2v) is 7.76. The Morgan fingerprint density at radius 2 is 2.00 bits per heavy atom. The van der Waals surface area contributed by atoms with Crippen LogP contribution in [0.25, 0.3) is 15.5 Å². The van der Waals surface area contributed by atoms with E-state index in [-0.39, 0.29) is 5.91 Å². The number of aryl methyl sites for hydroxylation is 1. The van der Waals surface area contributed by atoms with Crippen LogP contribution in [0.1, 0.15) is 23.1 Å². The van der Waals surface area contributed by atoms with Crippen LogP contribution in [0, 0.1) is 0 Å². The van der Waals surface area contributed by atoms with Gasteiger partial charge >= 0.3 is 0 Å². The van der Waals surface area contributed by atoms with Crippen LogP contribution in [0.4, 0.5) is 5.69 Å². The Morgan fingerprint density at radius 3 is 2.68 bits per heavy atom. The van der Waals surface area contributed by atoms with Crippen LogP contribution in [-0.4, -0.2) is 32.8 Å². The molecule has 0 saturated heterocycles. The highest BCUT2D eigenvalue weighted by Crippen LogP contribution is 2.28. The second kappa shape index (κ2) is 7.69. The molecule has 0 aliphatic heterocycles. The zero-order valence-electron chi connectivity index (χ0n) is 15.1. The van der Waals surface area contributed by atoms with Gasteiger partial charge in [0, 0.05) is 23.2 Å². The number of nitrogens with zero attached hydrogens (tertiary/aromatic N) is 4. The molecule has 7 nitrogen and oxygen atoms in total. The number of carbonyl (C=O) groups excluding carboxylic acids is 1. The predicted molar refractivity (Wildman–Crippen MR) is 112 cm³/mol. The summed E-state index contributed by atoms with van der Waals surface area (Å²) < 4.78 is 7.69. The number of ether oxygens (including phenoxy) is 1. The number of hydrogen-bond donors (Lipinski definition) is 1. The molecule has 2 aromatic carbocycles. The first-order valence-electron chi connectivity index (χ1n) is 8.55. The molecule has 9 heteroatoms. The molecular weight excluding hydrogens is 442 g/mol. The van der Waals surface area contributed by atoms with Crippen molar-refractivity contribution >= 4 is 43.8 Å². The quantitative estimate of drug-likeness (QED) is 0.478. The number of anilines is 1. The molecule has 0 aliphatic carbocycles. The summed E-state index contributed by atoms with van der Waals surface area (Å²) in [6.07, 6.45) is 0.775. The van der Waals surface area contributed by atoms with Gasteiger partial charge in [-0.15, -0.1) is 10.2 Å². The number of rotatable bonds is 5. The molecule has 4 rings (SSSR count). The Bertz CT molecular complexity index is 1150. The van der Waals surface area contributed by atoms with Crippen molar-refractivity contribution in [3.05, 3.63) is 58.3 Å². The fraction of sp³-hybridized carbons (Fsp3) is 0.158. The van der Waals surface area contributed by atoms with Crippen molar-refractivity contribution in [2.24, 2.45) is 0 Å². The first-order chi connectivity index (χ1) is 13.6. The highest BCUT2D eigenvalue weighted by Gasteiger charge is 2.13. The molecule has 0 unspecified atom stereocenters. The summed E-state index contributed by atoms with van der Waals surface area (Å²) in [7, 11) is 1.58. The average Bonchev–Trinajstić information content (AvgIpc) is 3.29. The summed E-state index contributed by atoms with van der Waals surface area (Å²) in [6.45, 7) is 2.02. The molecule has 28 heavy (non-hydrogen) atoms. The van der Waals surface area contributed by atoms with E-state index in [1.54, 1.807) is 29.8 Å². The van der Waals surface area contributed by atoms with Crippen LogP contribution in [0.2, 0.25) is 0 Å². The Balaban J connectivity index is 1.51. The standard InChI is InChI=1S/C19H16BrN5O2S/c1-3-16-22-23-19-25(16)24-18(28-19)11-4-7-13(8-5-11)21-17(26)12-6-9-15(27-2)14(20)10-12/h4-10H,3H2,1-2H3,(H,21,26). The van der Waals surface area contributed by atoms with Gasteiger partial charge in [0.25, 0.3) is 5.91 Å². The van der Waals surface area contributed by atoms with Crippen LogP contribution in [0.15, 0.2) is 46.9 Å². The zero-order chi connectivity index (χ0) is 19.7.